The first kappa shape index (κ1) is 11.0. The lowest BCUT2D eigenvalue weighted by Gasteiger charge is -2.25. The van der Waals surface area contributed by atoms with E-state index in [2.05, 4.69) is 24.3 Å². The highest BCUT2D eigenvalue weighted by Crippen LogP contribution is 2.38. The molecule has 0 atom stereocenters. The molecule has 0 spiro atoms. The minimum atomic E-state index is -0.122. The zero-order valence-corrected chi connectivity index (χ0v) is 10.7. The number of fused-ring (bicyclic) bond motifs is 5. The predicted molar refractivity (Wildman–Crippen MR) is 76.6 cm³/mol. The van der Waals surface area contributed by atoms with Crippen LogP contribution in [0.2, 0.25) is 0 Å². The molecule has 19 heavy (non-hydrogen) atoms. The number of allylic oxidation sites excluding steroid dienone is 1. The lowest BCUT2D eigenvalue weighted by Crippen LogP contribution is -2.10. The van der Waals surface area contributed by atoms with Crippen LogP contribution in [-0.2, 0) is 19.3 Å². The average Bonchev–Trinajstić information content (AvgIpc) is 2.46. The van der Waals surface area contributed by atoms with Gasteiger partial charge in [-0.3, -0.25) is 0 Å². The van der Waals surface area contributed by atoms with Crippen LogP contribution in [0.5, 0.6) is 0 Å². The average molecular weight is 250 g/mol. The Morgan fingerprint density at radius 1 is 0.842 bits per heavy atom. The Balaban J connectivity index is 1.96. The molecule has 2 aliphatic rings. The van der Waals surface area contributed by atoms with Gasteiger partial charge >= 0.3 is 0 Å². The summed E-state index contributed by atoms with van der Waals surface area (Å²) < 4.78 is 13.3. The molecule has 0 heterocycles. The van der Waals surface area contributed by atoms with E-state index < -0.39 is 0 Å². The molecular weight excluding hydrogens is 235 g/mol. The fourth-order valence-electron chi connectivity index (χ4n) is 3.43. The van der Waals surface area contributed by atoms with Crippen molar-refractivity contribution >= 4 is 6.08 Å². The molecule has 2 aromatic carbocycles. The number of halogens is 1. The van der Waals surface area contributed by atoms with E-state index >= 15 is 0 Å². The van der Waals surface area contributed by atoms with Gasteiger partial charge in [0.05, 0.1) is 0 Å². The van der Waals surface area contributed by atoms with Crippen molar-refractivity contribution in [2.45, 2.75) is 25.7 Å². The van der Waals surface area contributed by atoms with Crippen molar-refractivity contribution in [3.63, 3.8) is 0 Å². The molecule has 0 bridgehead atoms. The highest BCUT2D eigenvalue weighted by Gasteiger charge is 2.21. The largest absolute Gasteiger partial charge is 0.207 e. The van der Waals surface area contributed by atoms with Gasteiger partial charge in [-0.25, -0.2) is 4.39 Å². The van der Waals surface area contributed by atoms with E-state index in [-0.39, 0.29) is 5.82 Å². The molecule has 0 N–H and O–H groups in total. The van der Waals surface area contributed by atoms with Gasteiger partial charge in [-0.2, -0.15) is 0 Å². The Morgan fingerprint density at radius 3 is 2.68 bits per heavy atom. The summed E-state index contributed by atoms with van der Waals surface area (Å²) in [6, 6.07) is 9.63. The van der Waals surface area contributed by atoms with Gasteiger partial charge in [-0.15, -0.1) is 0 Å². The van der Waals surface area contributed by atoms with Crippen molar-refractivity contribution in [3.8, 4) is 11.1 Å². The van der Waals surface area contributed by atoms with E-state index in [1.807, 2.05) is 6.07 Å². The van der Waals surface area contributed by atoms with Crippen molar-refractivity contribution in [2.75, 3.05) is 0 Å². The smallest absolute Gasteiger partial charge is 0.123 e. The summed E-state index contributed by atoms with van der Waals surface area (Å²) in [4.78, 5) is 0. The number of aryl methyl sites for hydroxylation is 1. The van der Waals surface area contributed by atoms with Crippen LogP contribution in [0.4, 0.5) is 4.39 Å². The third-order valence-corrected chi connectivity index (χ3v) is 4.33. The first-order valence-electron chi connectivity index (χ1n) is 6.93. The van der Waals surface area contributed by atoms with Crippen LogP contribution >= 0.6 is 0 Å². The van der Waals surface area contributed by atoms with Gasteiger partial charge in [0.25, 0.3) is 0 Å². The molecule has 2 aromatic rings. The molecule has 0 unspecified atom stereocenters. The second-order valence-corrected chi connectivity index (χ2v) is 5.40. The lowest BCUT2D eigenvalue weighted by molar-refractivity contribution is 0.625. The van der Waals surface area contributed by atoms with Crippen LogP contribution in [0, 0.1) is 5.82 Å². The van der Waals surface area contributed by atoms with Crippen LogP contribution in [0.25, 0.3) is 17.2 Å². The van der Waals surface area contributed by atoms with Crippen LogP contribution < -0.4 is 0 Å². The SMILES string of the molecule is Fc1ccc2c(c1)CCc1c-2ccc2c1CCC=C2. The molecule has 4 rings (SSSR count). The van der Waals surface area contributed by atoms with Gasteiger partial charge in [0.15, 0.2) is 0 Å². The van der Waals surface area contributed by atoms with Gasteiger partial charge in [0.1, 0.15) is 5.82 Å². The zero-order chi connectivity index (χ0) is 12.8. The molecule has 0 radical (unpaired) electrons. The maximum absolute atomic E-state index is 13.3. The summed E-state index contributed by atoms with van der Waals surface area (Å²) in [5, 5.41) is 0. The second-order valence-electron chi connectivity index (χ2n) is 5.40. The van der Waals surface area contributed by atoms with E-state index in [0.29, 0.717) is 0 Å². The van der Waals surface area contributed by atoms with Gasteiger partial charge in [0.2, 0.25) is 0 Å². The molecule has 2 aliphatic carbocycles. The van der Waals surface area contributed by atoms with Gasteiger partial charge in [0, 0.05) is 0 Å². The lowest BCUT2D eigenvalue weighted by atomic mass is 9.79. The van der Waals surface area contributed by atoms with Crippen molar-refractivity contribution in [1.82, 2.24) is 0 Å². The Morgan fingerprint density at radius 2 is 1.74 bits per heavy atom. The molecule has 1 heteroatoms. The van der Waals surface area contributed by atoms with E-state index in [1.165, 1.54) is 27.8 Å². The quantitative estimate of drug-likeness (QED) is 0.643. The van der Waals surface area contributed by atoms with E-state index in [0.717, 1.165) is 31.2 Å². The summed E-state index contributed by atoms with van der Waals surface area (Å²) >= 11 is 0. The van der Waals surface area contributed by atoms with Crippen molar-refractivity contribution in [2.24, 2.45) is 0 Å². The molecule has 0 amide bonds. The molecule has 94 valence electrons. The van der Waals surface area contributed by atoms with Crippen LogP contribution in [0.15, 0.2) is 36.4 Å². The van der Waals surface area contributed by atoms with Crippen LogP contribution in [0.3, 0.4) is 0 Å². The predicted octanol–water partition coefficient (Wildman–Crippen LogP) is 4.55. The summed E-state index contributed by atoms with van der Waals surface area (Å²) in [7, 11) is 0. The fraction of sp³-hybridized carbons (Fsp3) is 0.222. The topological polar surface area (TPSA) is 0 Å². The third-order valence-electron chi connectivity index (χ3n) is 4.33. The first-order chi connectivity index (χ1) is 9.33. The molecule has 0 aliphatic heterocycles. The Kier molecular flexibility index (Phi) is 2.34. The highest BCUT2D eigenvalue weighted by molar-refractivity contribution is 5.77. The normalized spacial score (nSPS) is 15.6. The van der Waals surface area contributed by atoms with E-state index in [4.69, 9.17) is 0 Å². The second kappa shape index (κ2) is 4.06. The Labute approximate surface area is 112 Å². The Hall–Kier alpha value is -1.89. The van der Waals surface area contributed by atoms with Gasteiger partial charge in [-0.05, 0) is 71.2 Å². The molecular formula is C18H15F. The van der Waals surface area contributed by atoms with E-state index in [9.17, 15) is 4.39 Å². The Bertz CT molecular complexity index is 695. The van der Waals surface area contributed by atoms with E-state index in [1.54, 1.807) is 12.1 Å². The number of benzene rings is 2. The number of rotatable bonds is 0. The van der Waals surface area contributed by atoms with Crippen LogP contribution in [-0.4, -0.2) is 0 Å². The summed E-state index contributed by atoms with van der Waals surface area (Å²) in [5.41, 5.74) is 8.06. The maximum atomic E-state index is 13.3. The fourth-order valence-corrected chi connectivity index (χ4v) is 3.43. The maximum Gasteiger partial charge on any atom is 0.123 e. The number of hydrogen-bond acceptors (Lipinski definition) is 0. The summed E-state index contributed by atoms with van der Waals surface area (Å²) in [6.45, 7) is 0. The molecule has 0 aromatic heterocycles. The minimum absolute atomic E-state index is 0.122. The summed E-state index contributed by atoms with van der Waals surface area (Å²) in [5.74, 6) is -0.122. The standard InChI is InChI=1S/C18H15F/c19-14-7-10-16-13(11-14)6-9-17-15-4-2-1-3-12(15)5-8-18(16)17/h1,3,5,7-8,10-11H,2,4,6,9H2. The van der Waals surface area contributed by atoms with Crippen LogP contribution in [0.1, 0.15) is 28.7 Å². The number of hydrogen-bond donors (Lipinski definition) is 0. The minimum Gasteiger partial charge on any atom is -0.207 e. The van der Waals surface area contributed by atoms with Crippen molar-refractivity contribution in [1.29, 1.82) is 0 Å². The van der Waals surface area contributed by atoms with Gasteiger partial charge in [-0.1, -0.05) is 30.4 Å². The first-order valence-corrected chi connectivity index (χ1v) is 6.93. The third kappa shape index (κ3) is 1.65. The van der Waals surface area contributed by atoms with Crippen molar-refractivity contribution in [3.05, 3.63) is 64.5 Å². The molecule has 0 saturated carbocycles. The molecule has 0 saturated heterocycles. The van der Waals surface area contributed by atoms with Crippen molar-refractivity contribution < 1.29 is 4.39 Å². The highest BCUT2D eigenvalue weighted by atomic mass is 19.1. The van der Waals surface area contributed by atoms with Gasteiger partial charge < -0.3 is 0 Å². The zero-order valence-electron chi connectivity index (χ0n) is 10.7. The summed E-state index contributed by atoms with van der Waals surface area (Å²) in [6.07, 6.45) is 8.77. The molecule has 0 nitrogen and oxygen atoms in total. The molecule has 0 fully saturated rings. The monoisotopic (exact) mass is 250 g/mol.